The zero-order valence-electron chi connectivity index (χ0n) is 20.8. The van der Waals surface area contributed by atoms with Gasteiger partial charge in [-0.15, -0.1) is 0 Å². The van der Waals surface area contributed by atoms with Crippen LogP contribution in [0.4, 0.5) is 29.3 Å². The number of benzene rings is 2. The van der Waals surface area contributed by atoms with Crippen LogP contribution in [0.1, 0.15) is 39.2 Å². The van der Waals surface area contributed by atoms with Crippen molar-refractivity contribution in [1.82, 2.24) is 0 Å². The molecule has 3 rings (SSSR count). The molecule has 0 aromatic heterocycles. The minimum atomic E-state index is -4.48. The molecule has 0 aliphatic carbocycles. The van der Waals surface area contributed by atoms with Gasteiger partial charge < -0.3 is 14.6 Å². The van der Waals surface area contributed by atoms with Crippen molar-refractivity contribution in [1.29, 1.82) is 0 Å². The SMILES string of the molecule is Cc1c(Cl)cc(F)cc1S(=O)(=O)N1CC(CCC(=O)O)Oc2ccc(NC(=O)OC(C)(C)C(C)(F)F)cc21. The molecule has 2 aromatic carbocycles. The monoisotopic (exact) mass is 578 g/mol. The Morgan fingerprint density at radius 2 is 1.89 bits per heavy atom. The maximum absolute atomic E-state index is 14.1. The quantitative estimate of drug-likeness (QED) is 0.418. The second kappa shape index (κ2) is 10.5. The minimum Gasteiger partial charge on any atom is -0.486 e. The van der Waals surface area contributed by atoms with Crippen molar-refractivity contribution < 1.29 is 45.8 Å². The summed E-state index contributed by atoms with van der Waals surface area (Å²) in [5, 5.41) is 11.2. The average Bonchev–Trinajstić information content (AvgIpc) is 2.78. The summed E-state index contributed by atoms with van der Waals surface area (Å²) in [6, 6.07) is 5.64. The number of hydrogen-bond donors (Lipinski definition) is 2. The van der Waals surface area contributed by atoms with Gasteiger partial charge in [-0.25, -0.2) is 26.4 Å². The van der Waals surface area contributed by atoms with E-state index in [1.54, 1.807) is 0 Å². The number of sulfonamides is 1. The molecule has 1 heterocycles. The maximum Gasteiger partial charge on any atom is 0.412 e. The molecule has 38 heavy (non-hydrogen) atoms. The highest BCUT2D eigenvalue weighted by Gasteiger charge is 2.45. The molecule has 2 N–H and O–H groups in total. The molecule has 1 aliphatic rings. The molecule has 9 nitrogen and oxygen atoms in total. The molecule has 2 aromatic rings. The summed E-state index contributed by atoms with van der Waals surface area (Å²) in [6.07, 6.45) is -2.41. The van der Waals surface area contributed by atoms with Gasteiger partial charge in [-0.3, -0.25) is 14.4 Å². The number of carbonyl (C=O) groups excluding carboxylic acids is 1. The second-order valence-electron chi connectivity index (χ2n) is 9.31. The highest BCUT2D eigenvalue weighted by Crippen LogP contribution is 2.41. The Hall–Kier alpha value is -3.19. The first-order chi connectivity index (χ1) is 17.4. The first-order valence-corrected chi connectivity index (χ1v) is 13.1. The smallest absolute Gasteiger partial charge is 0.412 e. The molecule has 1 aliphatic heterocycles. The lowest BCUT2D eigenvalue weighted by atomic mass is 10.0. The lowest BCUT2D eigenvalue weighted by Gasteiger charge is -2.36. The van der Waals surface area contributed by atoms with E-state index < -0.39 is 50.4 Å². The molecule has 1 atom stereocenters. The van der Waals surface area contributed by atoms with E-state index in [-0.39, 0.29) is 47.1 Å². The van der Waals surface area contributed by atoms with Crippen LogP contribution in [-0.4, -0.2) is 49.8 Å². The fourth-order valence-electron chi connectivity index (χ4n) is 3.53. The maximum atomic E-state index is 14.1. The fraction of sp³-hybridized carbons (Fsp3) is 0.417. The van der Waals surface area contributed by atoms with Gasteiger partial charge in [0.15, 0.2) is 5.60 Å². The van der Waals surface area contributed by atoms with Crippen molar-refractivity contribution in [3.63, 3.8) is 0 Å². The van der Waals surface area contributed by atoms with Crippen LogP contribution in [0.25, 0.3) is 0 Å². The number of ether oxygens (including phenoxy) is 2. The molecule has 0 saturated heterocycles. The van der Waals surface area contributed by atoms with E-state index in [1.165, 1.54) is 25.1 Å². The summed E-state index contributed by atoms with van der Waals surface area (Å²) in [7, 11) is -4.48. The lowest BCUT2D eigenvalue weighted by Crippen LogP contribution is -2.45. The van der Waals surface area contributed by atoms with E-state index in [9.17, 15) is 31.2 Å². The molecular weight excluding hydrogens is 553 g/mol. The van der Waals surface area contributed by atoms with Crippen molar-refractivity contribution in [2.75, 3.05) is 16.2 Å². The van der Waals surface area contributed by atoms with E-state index in [1.807, 2.05) is 0 Å². The number of amides is 1. The van der Waals surface area contributed by atoms with Gasteiger partial charge in [-0.1, -0.05) is 11.6 Å². The van der Waals surface area contributed by atoms with Crippen molar-refractivity contribution in [3.05, 3.63) is 46.7 Å². The third-order valence-electron chi connectivity index (χ3n) is 6.05. The number of anilines is 2. The standard InChI is InChI=1S/C24H26ClF3N2O7S/c1-13-17(25)9-14(26)10-20(13)38(34,35)30-12-16(6-8-21(31)32)36-19-7-5-15(11-18(19)30)29-22(33)37-23(2,3)24(4,27)28/h5,7,9-11,16H,6,8,12H2,1-4H3,(H,29,33)(H,31,32). The largest absolute Gasteiger partial charge is 0.486 e. The highest BCUT2D eigenvalue weighted by molar-refractivity contribution is 7.93. The molecule has 0 saturated carbocycles. The Labute approximate surface area is 222 Å². The number of nitrogens with one attached hydrogen (secondary N) is 1. The van der Waals surface area contributed by atoms with Crippen LogP contribution in [-0.2, 0) is 19.6 Å². The van der Waals surface area contributed by atoms with E-state index >= 15 is 0 Å². The predicted molar refractivity (Wildman–Crippen MR) is 133 cm³/mol. The number of hydrogen-bond acceptors (Lipinski definition) is 6. The minimum absolute atomic E-state index is 0.00856. The van der Waals surface area contributed by atoms with E-state index in [4.69, 9.17) is 26.2 Å². The van der Waals surface area contributed by atoms with E-state index in [0.29, 0.717) is 6.92 Å². The van der Waals surface area contributed by atoms with Gasteiger partial charge >= 0.3 is 12.1 Å². The van der Waals surface area contributed by atoms with Gasteiger partial charge in [0, 0.05) is 24.1 Å². The Kier molecular flexibility index (Phi) is 8.13. The third-order valence-corrected chi connectivity index (χ3v) is 8.35. The summed E-state index contributed by atoms with van der Waals surface area (Å²) in [4.78, 5) is 23.0. The molecule has 0 bridgehead atoms. The fourth-order valence-corrected chi connectivity index (χ4v) is 5.55. The van der Waals surface area contributed by atoms with Crippen molar-refractivity contribution in [2.45, 2.75) is 63.1 Å². The lowest BCUT2D eigenvalue weighted by molar-refractivity contribution is -0.147. The Morgan fingerprint density at radius 3 is 2.50 bits per heavy atom. The molecule has 0 spiro atoms. The Bertz CT molecular complexity index is 1360. The van der Waals surface area contributed by atoms with Crippen LogP contribution in [0.2, 0.25) is 5.02 Å². The summed E-state index contributed by atoms with van der Waals surface area (Å²) < 4.78 is 80.6. The van der Waals surface area contributed by atoms with Gasteiger partial charge in [0.1, 0.15) is 17.7 Å². The average molecular weight is 579 g/mol. The van der Waals surface area contributed by atoms with Gasteiger partial charge in [0.05, 0.1) is 17.1 Å². The van der Waals surface area contributed by atoms with Crippen LogP contribution >= 0.6 is 11.6 Å². The summed E-state index contributed by atoms with van der Waals surface area (Å²) in [6.45, 7) is 3.73. The van der Waals surface area contributed by atoms with Crippen LogP contribution in [0, 0.1) is 12.7 Å². The molecule has 208 valence electrons. The molecule has 1 unspecified atom stereocenters. The Balaban J connectivity index is 2.02. The molecule has 0 fully saturated rings. The van der Waals surface area contributed by atoms with Crippen LogP contribution in [0.5, 0.6) is 5.75 Å². The first-order valence-electron chi connectivity index (χ1n) is 11.3. The van der Waals surface area contributed by atoms with E-state index in [0.717, 1.165) is 30.3 Å². The van der Waals surface area contributed by atoms with Gasteiger partial charge in [0.25, 0.3) is 15.9 Å². The highest BCUT2D eigenvalue weighted by atomic mass is 35.5. The molecular formula is C24H26ClF3N2O7S. The number of aliphatic carboxylic acids is 1. The normalized spacial score (nSPS) is 15.9. The van der Waals surface area contributed by atoms with Crippen molar-refractivity contribution >= 4 is 45.1 Å². The number of alkyl halides is 2. The van der Waals surface area contributed by atoms with Crippen LogP contribution < -0.4 is 14.4 Å². The second-order valence-corrected chi connectivity index (χ2v) is 11.6. The molecule has 0 radical (unpaired) electrons. The third kappa shape index (κ3) is 6.26. The van der Waals surface area contributed by atoms with Crippen molar-refractivity contribution in [2.24, 2.45) is 0 Å². The topological polar surface area (TPSA) is 122 Å². The number of fused-ring (bicyclic) bond motifs is 1. The number of rotatable bonds is 8. The zero-order valence-corrected chi connectivity index (χ0v) is 22.4. The number of nitrogens with zero attached hydrogens (tertiary/aromatic N) is 1. The summed E-state index contributed by atoms with van der Waals surface area (Å²) in [5.41, 5.74) is -2.13. The number of halogens is 4. The number of carbonyl (C=O) groups is 2. The van der Waals surface area contributed by atoms with Crippen LogP contribution in [0.15, 0.2) is 35.2 Å². The number of carboxylic acids is 1. The molecule has 14 heteroatoms. The zero-order chi connectivity index (χ0) is 28.6. The summed E-state index contributed by atoms with van der Waals surface area (Å²) in [5.74, 6) is -5.31. The Morgan fingerprint density at radius 1 is 1.24 bits per heavy atom. The summed E-state index contributed by atoms with van der Waals surface area (Å²) >= 11 is 6.02. The van der Waals surface area contributed by atoms with Gasteiger partial charge in [-0.2, -0.15) is 0 Å². The number of carboxylic acid groups (broad SMARTS) is 1. The van der Waals surface area contributed by atoms with Crippen LogP contribution in [0.3, 0.4) is 0 Å². The van der Waals surface area contributed by atoms with Gasteiger partial charge in [-0.05, 0) is 63.1 Å². The van der Waals surface area contributed by atoms with Gasteiger partial charge in [0.2, 0.25) is 0 Å². The first kappa shape index (κ1) is 29.4. The van der Waals surface area contributed by atoms with Crippen molar-refractivity contribution in [3.8, 4) is 5.75 Å². The predicted octanol–water partition coefficient (Wildman–Crippen LogP) is 5.59. The molecule has 1 amide bonds. The van der Waals surface area contributed by atoms with E-state index in [2.05, 4.69) is 5.32 Å².